The molecule has 0 saturated heterocycles. The highest BCUT2D eigenvalue weighted by molar-refractivity contribution is 5.57. The van der Waals surface area contributed by atoms with Crippen LogP contribution in [0.15, 0.2) is 30.3 Å². The number of hydrogen-bond acceptors (Lipinski definition) is 3. The largest absolute Gasteiger partial charge is 0.506 e. The summed E-state index contributed by atoms with van der Waals surface area (Å²) in [5.74, 6) is -0.0766. The van der Waals surface area contributed by atoms with Crippen LogP contribution in [-0.4, -0.2) is 30.6 Å². The third-order valence-electron chi connectivity index (χ3n) is 2.58. The van der Waals surface area contributed by atoms with E-state index in [1.807, 2.05) is 37.3 Å². The predicted molar refractivity (Wildman–Crippen MR) is 64.2 cm³/mol. The third kappa shape index (κ3) is 4.44. The third-order valence-corrected chi connectivity index (χ3v) is 2.58. The molecule has 1 aromatic rings. The Morgan fingerprint density at radius 3 is 2.53 bits per heavy atom. The second kappa shape index (κ2) is 6.91. The van der Waals surface area contributed by atoms with E-state index in [0.29, 0.717) is 13.2 Å². The van der Waals surface area contributed by atoms with Gasteiger partial charge in [0.15, 0.2) is 0 Å². The monoisotopic (exact) mass is 238 g/mol. The molecule has 0 aliphatic rings. The van der Waals surface area contributed by atoms with Crippen molar-refractivity contribution in [1.82, 2.24) is 0 Å². The molecule has 17 heavy (non-hydrogen) atoms. The molecule has 1 N–H and O–H groups in total. The van der Waals surface area contributed by atoms with Gasteiger partial charge in [0.05, 0.1) is 6.61 Å². The Morgan fingerprint density at radius 2 is 2.00 bits per heavy atom. The molecule has 0 aliphatic carbocycles. The number of hydrogen-bond donors (Lipinski definition) is 1. The summed E-state index contributed by atoms with van der Waals surface area (Å²) in [4.78, 5) is 10.6. The lowest BCUT2D eigenvalue weighted by Gasteiger charge is -2.23. The first-order valence-corrected chi connectivity index (χ1v) is 5.67. The Bertz CT molecular complexity index is 337. The van der Waals surface area contributed by atoms with Crippen molar-refractivity contribution in [2.75, 3.05) is 13.2 Å². The van der Waals surface area contributed by atoms with Gasteiger partial charge < -0.3 is 14.6 Å². The van der Waals surface area contributed by atoms with Crippen LogP contribution in [0.5, 0.6) is 0 Å². The highest BCUT2D eigenvalue weighted by Crippen LogP contribution is 2.22. The van der Waals surface area contributed by atoms with Gasteiger partial charge in [0, 0.05) is 12.5 Å². The Balaban J connectivity index is 2.76. The highest BCUT2D eigenvalue weighted by atomic mass is 16.7. The lowest BCUT2D eigenvalue weighted by Crippen LogP contribution is -2.25. The maximum atomic E-state index is 10.6. The fraction of sp³-hybridized carbons (Fsp3) is 0.462. The molecule has 4 nitrogen and oxygen atoms in total. The van der Waals surface area contributed by atoms with Crippen molar-refractivity contribution < 1.29 is 19.4 Å². The van der Waals surface area contributed by atoms with E-state index in [2.05, 4.69) is 0 Å². The standard InChI is InChI=1S/C13H18O4/c1-3-16-9-12(10(2)17-13(14)15)11-7-5-4-6-8-11/h4-8,10,12H,3,9H2,1-2H3,(H,14,15). The van der Waals surface area contributed by atoms with E-state index < -0.39 is 12.3 Å². The number of rotatable bonds is 6. The summed E-state index contributed by atoms with van der Waals surface area (Å²) < 4.78 is 10.2. The molecular weight excluding hydrogens is 220 g/mol. The molecule has 1 rings (SSSR count). The fourth-order valence-electron chi connectivity index (χ4n) is 1.69. The minimum Gasteiger partial charge on any atom is -0.450 e. The van der Waals surface area contributed by atoms with Gasteiger partial charge in [-0.1, -0.05) is 30.3 Å². The fourth-order valence-corrected chi connectivity index (χ4v) is 1.69. The van der Waals surface area contributed by atoms with Gasteiger partial charge in [-0.15, -0.1) is 0 Å². The van der Waals surface area contributed by atoms with Crippen molar-refractivity contribution >= 4 is 6.16 Å². The molecule has 2 atom stereocenters. The van der Waals surface area contributed by atoms with Gasteiger partial charge in [0.25, 0.3) is 0 Å². The summed E-state index contributed by atoms with van der Waals surface area (Å²) in [6, 6.07) is 9.66. The maximum Gasteiger partial charge on any atom is 0.506 e. The highest BCUT2D eigenvalue weighted by Gasteiger charge is 2.22. The summed E-state index contributed by atoms with van der Waals surface area (Å²) in [6.45, 7) is 4.70. The molecule has 0 spiro atoms. The van der Waals surface area contributed by atoms with Crippen molar-refractivity contribution in [2.45, 2.75) is 25.9 Å². The molecule has 2 unspecified atom stereocenters. The first kappa shape index (κ1) is 13.5. The number of ether oxygens (including phenoxy) is 2. The SMILES string of the molecule is CCOCC(c1ccccc1)C(C)OC(=O)O. The smallest absolute Gasteiger partial charge is 0.450 e. The number of carboxylic acid groups (broad SMARTS) is 1. The summed E-state index contributed by atoms with van der Waals surface area (Å²) in [6.07, 6.45) is -1.68. The van der Waals surface area contributed by atoms with Crippen molar-refractivity contribution in [3.05, 3.63) is 35.9 Å². The van der Waals surface area contributed by atoms with Crippen LogP contribution in [0.3, 0.4) is 0 Å². The molecule has 0 aliphatic heterocycles. The van der Waals surface area contributed by atoms with E-state index >= 15 is 0 Å². The van der Waals surface area contributed by atoms with Crippen LogP contribution < -0.4 is 0 Å². The van der Waals surface area contributed by atoms with Crippen LogP contribution in [0.4, 0.5) is 4.79 Å². The van der Waals surface area contributed by atoms with Gasteiger partial charge in [-0.05, 0) is 19.4 Å². The average molecular weight is 238 g/mol. The topological polar surface area (TPSA) is 55.8 Å². The molecule has 4 heteroatoms. The molecule has 0 heterocycles. The predicted octanol–water partition coefficient (Wildman–Crippen LogP) is 2.89. The zero-order valence-electron chi connectivity index (χ0n) is 10.1. The quantitative estimate of drug-likeness (QED) is 0.774. The Hall–Kier alpha value is -1.55. The summed E-state index contributed by atoms with van der Waals surface area (Å²) in [5, 5.41) is 8.64. The van der Waals surface area contributed by atoms with Crippen LogP contribution in [0.2, 0.25) is 0 Å². The number of carbonyl (C=O) groups is 1. The molecule has 0 saturated carbocycles. The maximum absolute atomic E-state index is 10.6. The van der Waals surface area contributed by atoms with E-state index in [-0.39, 0.29) is 5.92 Å². The van der Waals surface area contributed by atoms with Crippen LogP contribution in [0.25, 0.3) is 0 Å². The summed E-state index contributed by atoms with van der Waals surface area (Å²) in [5.41, 5.74) is 1.02. The minimum atomic E-state index is -1.25. The lowest BCUT2D eigenvalue weighted by atomic mass is 9.95. The van der Waals surface area contributed by atoms with Gasteiger partial charge in [-0.2, -0.15) is 0 Å². The molecule has 94 valence electrons. The van der Waals surface area contributed by atoms with E-state index in [1.165, 1.54) is 0 Å². The van der Waals surface area contributed by atoms with Gasteiger partial charge in [-0.3, -0.25) is 0 Å². The second-order valence-corrected chi connectivity index (χ2v) is 3.77. The molecule has 0 fully saturated rings. The lowest BCUT2D eigenvalue weighted by molar-refractivity contribution is 0.0256. The normalized spacial score (nSPS) is 14.0. The average Bonchev–Trinajstić information content (AvgIpc) is 2.30. The molecule has 0 amide bonds. The second-order valence-electron chi connectivity index (χ2n) is 3.77. The Labute approximate surface area is 101 Å². The summed E-state index contributed by atoms with van der Waals surface area (Å²) >= 11 is 0. The first-order valence-electron chi connectivity index (χ1n) is 5.67. The van der Waals surface area contributed by atoms with Crippen LogP contribution in [-0.2, 0) is 9.47 Å². The van der Waals surface area contributed by atoms with E-state index in [4.69, 9.17) is 14.6 Å². The van der Waals surface area contributed by atoms with Crippen molar-refractivity contribution in [3.8, 4) is 0 Å². The molecule has 1 aromatic carbocycles. The molecule has 0 bridgehead atoms. The zero-order valence-corrected chi connectivity index (χ0v) is 10.1. The van der Waals surface area contributed by atoms with Crippen molar-refractivity contribution in [1.29, 1.82) is 0 Å². The molecule has 0 radical (unpaired) electrons. The zero-order chi connectivity index (χ0) is 12.7. The van der Waals surface area contributed by atoms with Crippen molar-refractivity contribution in [2.24, 2.45) is 0 Å². The molecular formula is C13H18O4. The van der Waals surface area contributed by atoms with Gasteiger partial charge >= 0.3 is 6.16 Å². The Morgan fingerprint density at radius 1 is 1.35 bits per heavy atom. The van der Waals surface area contributed by atoms with Crippen LogP contribution in [0.1, 0.15) is 25.3 Å². The number of benzene rings is 1. The molecule has 0 aromatic heterocycles. The minimum absolute atomic E-state index is 0.0766. The van der Waals surface area contributed by atoms with E-state index in [0.717, 1.165) is 5.56 Å². The van der Waals surface area contributed by atoms with E-state index in [1.54, 1.807) is 6.92 Å². The van der Waals surface area contributed by atoms with Gasteiger partial charge in [-0.25, -0.2) is 4.79 Å². The summed E-state index contributed by atoms with van der Waals surface area (Å²) in [7, 11) is 0. The Kier molecular flexibility index (Phi) is 5.49. The van der Waals surface area contributed by atoms with Crippen LogP contribution >= 0.6 is 0 Å². The van der Waals surface area contributed by atoms with Crippen molar-refractivity contribution in [3.63, 3.8) is 0 Å². The van der Waals surface area contributed by atoms with E-state index in [9.17, 15) is 4.79 Å². The van der Waals surface area contributed by atoms with Gasteiger partial charge in [0.1, 0.15) is 6.10 Å². The van der Waals surface area contributed by atoms with Gasteiger partial charge in [0.2, 0.25) is 0 Å². The first-order chi connectivity index (χ1) is 8.15. The van der Waals surface area contributed by atoms with Crippen LogP contribution in [0, 0.1) is 0 Å².